The van der Waals surface area contributed by atoms with E-state index in [1.807, 2.05) is 30.3 Å². The molecule has 5 rings (SSSR count). The summed E-state index contributed by atoms with van der Waals surface area (Å²) in [5.41, 5.74) is 3.59. The number of pyridine rings is 1. The van der Waals surface area contributed by atoms with Gasteiger partial charge in [-0.1, -0.05) is 30.3 Å². The summed E-state index contributed by atoms with van der Waals surface area (Å²) >= 11 is 0. The van der Waals surface area contributed by atoms with Crippen LogP contribution in [0, 0.1) is 18.7 Å². The number of aromatic nitrogens is 1. The van der Waals surface area contributed by atoms with Crippen molar-refractivity contribution in [3.8, 4) is 5.75 Å². The molecule has 2 aliphatic rings. The lowest BCUT2D eigenvalue weighted by molar-refractivity contribution is -0.123. The molecule has 0 saturated carbocycles. The molecular formula is C23H18FN3O3. The summed E-state index contributed by atoms with van der Waals surface area (Å²) in [5, 5.41) is 16.5. The van der Waals surface area contributed by atoms with E-state index in [0.29, 0.717) is 22.7 Å². The SMILES string of the molecule is Cc1ncc2c(c1O)[C@H]([C@@H]1C(=O)N(c3ccc(F)cc3)N=C1c1ccccc1)OC2. The highest BCUT2D eigenvalue weighted by atomic mass is 19.1. The number of fused-ring (bicyclic) bond motifs is 1. The van der Waals surface area contributed by atoms with Crippen molar-refractivity contribution < 1.29 is 19.0 Å². The van der Waals surface area contributed by atoms with Gasteiger partial charge in [-0.2, -0.15) is 10.1 Å². The molecule has 1 aromatic heterocycles. The first-order valence-corrected chi connectivity index (χ1v) is 9.57. The summed E-state index contributed by atoms with van der Waals surface area (Å²) < 4.78 is 19.4. The first kappa shape index (κ1) is 18.4. The molecule has 0 spiro atoms. The molecule has 0 radical (unpaired) electrons. The van der Waals surface area contributed by atoms with Crippen LogP contribution in [0.5, 0.6) is 5.75 Å². The van der Waals surface area contributed by atoms with E-state index in [2.05, 4.69) is 10.1 Å². The number of carbonyl (C=O) groups is 1. The van der Waals surface area contributed by atoms with Gasteiger partial charge >= 0.3 is 0 Å². The van der Waals surface area contributed by atoms with E-state index in [-0.39, 0.29) is 18.3 Å². The zero-order chi connectivity index (χ0) is 20.8. The zero-order valence-corrected chi connectivity index (χ0v) is 16.1. The molecule has 0 aliphatic carbocycles. The van der Waals surface area contributed by atoms with Crippen LogP contribution in [0.2, 0.25) is 0 Å². The predicted octanol–water partition coefficient (Wildman–Crippen LogP) is 3.87. The van der Waals surface area contributed by atoms with Crippen LogP contribution < -0.4 is 5.01 Å². The molecule has 6 nitrogen and oxygen atoms in total. The molecule has 150 valence electrons. The second-order valence-electron chi connectivity index (χ2n) is 7.32. The second-order valence-corrected chi connectivity index (χ2v) is 7.32. The number of hydrogen-bond donors (Lipinski definition) is 1. The third-order valence-corrected chi connectivity index (χ3v) is 5.48. The maximum absolute atomic E-state index is 13.5. The van der Waals surface area contributed by atoms with Gasteiger partial charge in [-0.3, -0.25) is 9.78 Å². The van der Waals surface area contributed by atoms with Crippen LogP contribution in [0.15, 0.2) is 65.9 Å². The summed E-state index contributed by atoms with van der Waals surface area (Å²) in [6.07, 6.45) is 0.972. The van der Waals surface area contributed by atoms with Crippen molar-refractivity contribution in [1.82, 2.24) is 4.98 Å². The molecule has 30 heavy (non-hydrogen) atoms. The maximum Gasteiger partial charge on any atom is 0.259 e. The van der Waals surface area contributed by atoms with Gasteiger partial charge in [0.25, 0.3) is 5.91 Å². The largest absolute Gasteiger partial charge is 0.506 e. The highest BCUT2D eigenvalue weighted by Gasteiger charge is 2.47. The number of rotatable bonds is 3. The summed E-state index contributed by atoms with van der Waals surface area (Å²) in [5.74, 6) is -1.41. The molecule has 1 N–H and O–H groups in total. The third-order valence-electron chi connectivity index (χ3n) is 5.48. The molecule has 3 aromatic rings. The summed E-state index contributed by atoms with van der Waals surface area (Å²) in [6, 6.07) is 15.0. The topological polar surface area (TPSA) is 75.0 Å². The first-order valence-electron chi connectivity index (χ1n) is 9.57. The Bertz CT molecular complexity index is 1160. The van der Waals surface area contributed by atoms with Crippen LogP contribution in [0.4, 0.5) is 10.1 Å². The van der Waals surface area contributed by atoms with Crippen molar-refractivity contribution in [3.63, 3.8) is 0 Å². The van der Waals surface area contributed by atoms with Crippen LogP contribution in [0.3, 0.4) is 0 Å². The van der Waals surface area contributed by atoms with Gasteiger partial charge < -0.3 is 9.84 Å². The van der Waals surface area contributed by atoms with Crippen LogP contribution in [0.1, 0.15) is 28.5 Å². The number of nitrogens with zero attached hydrogens (tertiary/aromatic N) is 3. The Morgan fingerprint density at radius 2 is 1.87 bits per heavy atom. The summed E-state index contributed by atoms with van der Waals surface area (Å²) in [6.45, 7) is 1.96. The summed E-state index contributed by atoms with van der Waals surface area (Å²) in [7, 11) is 0. The molecule has 2 aromatic carbocycles. The number of aryl methyl sites for hydroxylation is 1. The quantitative estimate of drug-likeness (QED) is 0.720. The number of amides is 1. The Kier molecular flexibility index (Phi) is 4.33. The molecular weight excluding hydrogens is 385 g/mol. The van der Waals surface area contributed by atoms with Gasteiger partial charge in [-0.15, -0.1) is 0 Å². The Labute approximate surface area is 172 Å². The third kappa shape index (κ3) is 2.86. The number of benzene rings is 2. The van der Waals surface area contributed by atoms with Gasteiger partial charge in [0.05, 0.1) is 23.7 Å². The normalized spacial score (nSPS) is 20.4. The molecule has 0 bridgehead atoms. The number of carbonyl (C=O) groups excluding carboxylic acids is 1. The van der Waals surface area contributed by atoms with Crippen LogP contribution in [0.25, 0.3) is 0 Å². The monoisotopic (exact) mass is 403 g/mol. The van der Waals surface area contributed by atoms with Crippen molar-refractivity contribution in [2.24, 2.45) is 11.0 Å². The Morgan fingerprint density at radius 1 is 1.13 bits per heavy atom. The minimum absolute atomic E-state index is 0.0374. The van der Waals surface area contributed by atoms with Crippen molar-refractivity contribution in [2.45, 2.75) is 19.6 Å². The number of hydrogen-bond acceptors (Lipinski definition) is 5. The lowest BCUT2D eigenvalue weighted by atomic mass is 9.87. The highest BCUT2D eigenvalue weighted by Crippen LogP contribution is 2.45. The Hall–Kier alpha value is -3.58. The maximum atomic E-state index is 13.5. The van der Waals surface area contributed by atoms with Crippen LogP contribution in [-0.4, -0.2) is 21.7 Å². The molecule has 2 atom stereocenters. The Morgan fingerprint density at radius 3 is 2.60 bits per heavy atom. The van der Waals surface area contributed by atoms with Crippen molar-refractivity contribution in [2.75, 3.05) is 5.01 Å². The van der Waals surface area contributed by atoms with E-state index in [0.717, 1.165) is 11.1 Å². The van der Waals surface area contributed by atoms with Gasteiger partial charge in [0.15, 0.2) is 0 Å². The lowest BCUT2D eigenvalue weighted by Gasteiger charge is -2.21. The molecule has 0 saturated heterocycles. The molecule has 2 aliphatic heterocycles. The average molecular weight is 403 g/mol. The second kappa shape index (κ2) is 7.03. The number of halogens is 1. The fourth-order valence-electron chi connectivity index (χ4n) is 3.96. The van der Waals surface area contributed by atoms with E-state index >= 15 is 0 Å². The van der Waals surface area contributed by atoms with Crippen LogP contribution in [-0.2, 0) is 16.1 Å². The molecule has 7 heteroatoms. The molecule has 3 heterocycles. The van der Waals surface area contributed by atoms with E-state index in [1.54, 1.807) is 13.1 Å². The molecule has 1 amide bonds. The van der Waals surface area contributed by atoms with Crippen molar-refractivity contribution >= 4 is 17.3 Å². The number of hydrazone groups is 1. The number of aromatic hydroxyl groups is 1. The van der Waals surface area contributed by atoms with Gasteiger partial charge in [0.2, 0.25) is 0 Å². The van der Waals surface area contributed by atoms with E-state index in [4.69, 9.17) is 4.74 Å². The summed E-state index contributed by atoms with van der Waals surface area (Å²) in [4.78, 5) is 17.7. The van der Waals surface area contributed by atoms with E-state index in [9.17, 15) is 14.3 Å². The van der Waals surface area contributed by atoms with Gasteiger partial charge in [0, 0.05) is 17.3 Å². The van der Waals surface area contributed by atoms with E-state index < -0.39 is 17.8 Å². The highest BCUT2D eigenvalue weighted by molar-refractivity contribution is 6.22. The first-order chi connectivity index (χ1) is 14.5. The van der Waals surface area contributed by atoms with Crippen molar-refractivity contribution in [1.29, 1.82) is 0 Å². The smallest absolute Gasteiger partial charge is 0.259 e. The number of ether oxygens (including phenoxy) is 1. The molecule has 0 fully saturated rings. The van der Waals surface area contributed by atoms with Crippen LogP contribution >= 0.6 is 0 Å². The van der Waals surface area contributed by atoms with E-state index in [1.165, 1.54) is 29.3 Å². The van der Waals surface area contributed by atoms with Gasteiger partial charge in [-0.05, 0) is 36.8 Å². The molecule has 0 unspecified atom stereocenters. The fourth-order valence-corrected chi connectivity index (χ4v) is 3.96. The minimum atomic E-state index is -0.758. The lowest BCUT2D eigenvalue weighted by Crippen LogP contribution is -2.32. The predicted molar refractivity (Wildman–Crippen MR) is 109 cm³/mol. The average Bonchev–Trinajstić information content (AvgIpc) is 3.33. The number of anilines is 1. The Balaban J connectivity index is 1.63. The van der Waals surface area contributed by atoms with Gasteiger partial charge in [-0.25, -0.2) is 4.39 Å². The fraction of sp³-hybridized carbons (Fsp3) is 0.174. The zero-order valence-electron chi connectivity index (χ0n) is 16.1. The van der Waals surface area contributed by atoms with Gasteiger partial charge in [0.1, 0.15) is 23.6 Å². The minimum Gasteiger partial charge on any atom is -0.506 e. The van der Waals surface area contributed by atoms with Crippen molar-refractivity contribution in [3.05, 3.63) is 89.0 Å². The standard InChI is InChI=1S/C23H18FN3O3/c1-13-21(28)18-15(11-25-13)12-30-22(18)19-20(14-5-3-2-4-6-14)26-27(23(19)29)17-9-7-16(24)8-10-17/h2-11,19,22,28H,12H2,1H3/t19-,22-/m1/s1.